The number of aliphatic hydroxyl groups is 1. The van der Waals surface area contributed by atoms with Gasteiger partial charge in [-0.15, -0.1) is 0 Å². The predicted molar refractivity (Wildman–Crippen MR) is 80.3 cm³/mol. The summed E-state index contributed by atoms with van der Waals surface area (Å²) in [5.74, 6) is -0.0742. The molecule has 1 aromatic rings. The maximum absolute atomic E-state index is 11.7. The average molecular weight is 279 g/mol. The fourth-order valence-electron chi connectivity index (χ4n) is 2.05. The molecule has 5 heteroatoms. The molecule has 0 aliphatic rings. The van der Waals surface area contributed by atoms with E-state index in [0.717, 1.165) is 42.6 Å². The van der Waals surface area contributed by atoms with Crippen LogP contribution in [0.4, 0.5) is 0 Å². The van der Waals surface area contributed by atoms with Gasteiger partial charge in [0.2, 0.25) is 5.91 Å². The number of hydrogen-bond acceptors (Lipinski definition) is 3. The van der Waals surface area contributed by atoms with Gasteiger partial charge in [-0.1, -0.05) is 12.8 Å². The van der Waals surface area contributed by atoms with E-state index in [9.17, 15) is 4.79 Å². The largest absolute Gasteiger partial charge is 0.396 e. The van der Waals surface area contributed by atoms with Crippen molar-refractivity contribution in [3.8, 4) is 0 Å². The summed E-state index contributed by atoms with van der Waals surface area (Å²) in [7, 11) is 1.89. The molecule has 2 N–H and O–H groups in total. The van der Waals surface area contributed by atoms with E-state index in [-0.39, 0.29) is 12.5 Å². The van der Waals surface area contributed by atoms with Gasteiger partial charge in [-0.05, 0) is 32.8 Å². The van der Waals surface area contributed by atoms with Crippen LogP contribution >= 0.6 is 0 Å². The Morgan fingerprint density at radius 2 is 2.00 bits per heavy atom. The Hall–Kier alpha value is -1.62. The summed E-state index contributed by atoms with van der Waals surface area (Å²) in [5.41, 5.74) is 2.99. The smallest absolute Gasteiger partial charge is 0.244 e. The number of aryl methyl sites for hydroxylation is 2. The summed E-state index contributed by atoms with van der Waals surface area (Å²) in [6, 6.07) is 0. The van der Waals surface area contributed by atoms with Crippen LogP contribution in [-0.2, 0) is 11.8 Å². The van der Waals surface area contributed by atoms with Crippen molar-refractivity contribution in [2.24, 2.45) is 7.05 Å². The van der Waals surface area contributed by atoms with Gasteiger partial charge in [0.25, 0.3) is 0 Å². The molecule has 1 aromatic heterocycles. The Morgan fingerprint density at radius 1 is 1.30 bits per heavy atom. The third-order valence-electron chi connectivity index (χ3n) is 3.35. The minimum Gasteiger partial charge on any atom is -0.396 e. The van der Waals surface area contributed by atoms with E-state index < -0.39 is 0 Å². The van der Waals surface area contributed by atoms with Gasteiger partial charge in [0, 0.05) is 37.5 Å². The number of hydrogen-bond donors (Lipinski definition) is 2. The van der Waals surface area contributed by atoms with Crippen LogP contribution in [0.2, 0.25) is 0 Å². The Labute approximate surface area is 120 Å². The first-order valence-electron chi connectivity index (χ1n) is 7.13. The molecule has 1 amide bonds. The summed E-state index contributed by atoms with van der Waals surface area (Å²) in [6.45, 7) is 4.85. The van der Waals surface area contributed by atoms with Crippen molar-refractivity contribution in [2.45, 2.75) is 39.5 Å². The van der Waals surface area contributed by atoms with E-state index in [1.54, 1.807) is 6.08 Å². The lowest BCUT2D eigenvalue weighted by Crippen LogP contribution is -2.22. The molecule has 5 nitrogen and oxygen atoms in total. The summed E-state index contributed by atoms with van der Waals surface area (Å²) in [6.07, 6.45) is 7.21. The maximum atomic E-state index is 11.7. The maximum Gasteiger partial charge on any atom is 0.244 e. The quantitative estimate of drug-likeness (QED) is 0.562. The third kappa shape index (κ3) is 5.17. The molecular weight excluding hydrogens is 254 g/mol. The normalized spacial score (nSPS) is 11.2. The average Bonchev–Trinajstić information content (AvgIpc) is 2.65. The summed E-state index contributed by atoms with van der Waals surface area (Å²) >= 11 is 0. The first kappa shape index (κ1) is 16.4. The number of carbonyl (C=O) groups is 1. The number of rotatable bonds is 8. The molecule has 0 aliphatic heterocycles. The van der Waals surface area contributed by atoms with Crippen molar-refractivity contribution in [3.63, 3.8) is 0 Å². The molecule has 0 radical (unpaired) electrons. The molecular formula is C15H25N3O2. The molecule has 0 fully saturated rings. The van der Waals surface area contributed by atoms with Crippen molar-refractivity contribution >= 4 is 12.0 Å². The summed E-state index contributed by atoms with van der Waals surface area (Å²) in [5, 5.41) is 15.8. The molecule has 0 unspecified atom stereocenters. The monoisotopic (exact) mass is 279 g/mol. The number of carbonyl (C=O) groups excluding carboxylic acids is 1. The number of aliphatic hydroxyl groups excluding tert-OH is 1. The Morgan fingerprint density at radius 3 is 2.60 bits per heavy atom. The highest BCUT2D eigenvalue weighted by molar-refractivity contribution is 5.91. The van der Waals surface area contributed by atoms with Crippen LogP contribution in [0.1, 0.15) is 42.6 Å². The standard InChI is InChI=1S/C15H25N3O2/c1-12-14(13(2)18(3)17-12)8-9-15(20)16-10-6-4-5-7-11-19/h8-9,19H,4-7,10-11H2,1-3H3,(H,16,20)/b9-8+. The zero-order valence-electron chi connectivity index (χ0n) is 12.6. The lowest BCUT2D eigenvalue weighted by Gasteiger charge is -2.02. The summed E-state index contributed by atoms with van der Waals surface area (Å²) < 4.78 is 1.81. The van der Waals surface area contributed by atoms with Crippen LogP contribution in [-0.4, -0.2) is 33.9 Å². The number of amides is 1. The van der Waals surface area contributed by atoms with Crippen LogP contribution < -0.4 is 5.32 Å². The van der Waals surface area contributed by atoms with Gasteiger partial charge in [-0.3, -0.25) is 9.48 Å². The van der Waals surface area contributed by atoms with Crippen LogP contribution in [0.15, 0.2) is 6.08 Å². The molecule has 1 heterocycles. The second-order valence-electron chi connectivity index (χ2n) is 4.97. The number of nitrogens with zero attached hydrogens (tertiary/aromatic N) is 2. The van der Waals surface area contributed by atoms with Crippen LogP contribution in [0, 0.1) is 13.8 Å². The van der Waals surface area contributed by atoms with Gasteiger partial charge in [0.05, 0.1) is 5.69 Å². The molecule has 0 spiro atoms. The molecule has 0 bridgehead atoms. The van der Waals surface area contributed by atoms with Crippen LogP contribution in [0.5, 0.6) is 0 Å². The van der Waals surface area contributed by atoms with Gasteiger partial charge in [0.15, 0.2) is 0 Å². The van der Waals surface area contributed by atoms with Crippen molar-refractivity contribution in [1.29, 1.82) is 0 Å². The highest BCUT2D eigenvalue weighted by Gasteiger charge is 2.06. The first-order valence-corrected chi connectivity index (χ1v) is 7.13. The fourth-order valence-corrected chi connectivity index (χ4v) is 2.05. The minimum atomic E-state index is -0.0742. The van der Waals surface area contributed by atoms with Crippen LogP contribution in [0.3, 0.4) is 0 Å². The lowest BCUT2D eigenvalue weighted by atomic mass is 10.2. The van der Waals surface area contributed by atoms with E-state index >= 15 is 0 Å². The number of nitrogens with one attached hydrogen (secondary N) is 1. The lowest BCUT2D eigenvalue weighted by molar-refractivity contribution is -0.116. The molecule has 112 valence electrons. The van der Waals surface area contributed by atoms with Crippen LogP contribution in [0.25, 0.3) is 6.08 Å². The highest BCUT2D eigenvalue weighted by Crippen LogP contribution is 2.13. The Kier molecular flexibility index (Phi) is 7.01. The third-order valence-corrected chi connectivity index (χ3v) is 3.35. The van der Waals surface area contributed by atoms with Gasteiger partial charge in [0.1, 0.15) is 0 Å². The van der Waals surface area contributed by atoms with E-state index in [2.05, 4.69) is 10.4 Å². The molecule has 0 atom stereocenters. The van der Waals surface area contributed by atoms with Crippen molar-refractivity contribution in [2.75, 3.05) is 13.2 Å². The SMILES string of the molecule is Cc1nn(C)c(C)c1/C=C/C(=O)NCCCCCCO. The van der Waals surface area contributed by atoms with Crippen molar-refractivity contribution < 1.29 is 9.90 Å². The van der Waals surface area contributed by atoms with Gasteiger partial charge in [-0.25, -0.2) is 0 Å². The molecule has 1 rings (SSSR count). The van der Waals surface area contributed by atoms with Crippen molar-refractivity contribution in [3.05, 3.63) is 23.0 Å². The Bertz CT molecular complexity index is 464. The molecule has 0 saturated carbocycles. The molecule has 0 aliphatic carbocycles. The topological polar surface area (TPSA) is 67.2 Å². The Balaban J connectivity index is 2.33. The van der Waals surface area contributed by atoms with Gasteiger partial charge >= 0.3 is 0 Å². The van der Waals surface area contributed by atoms with E-state index in [1.165, 1.54) is 0 Å². The van der Waals surface area contributed by atoms with Gasteiger partial charge in [-0.2, -0.15) is 5.10 Å². The predicted octanol–water partition coefficient (Wildman–Crippen LogP) is 1.72. The van der Waals surface area contributed by atoms with Crippen molar-refractivity contribution in [1.82, 2.24) is 15.1 Å². The number of aromatic nitrogens is 2. The molecule has 20 heavy (non-hydrogen) atoms. The zero-order chi connectivity index (χ0) is 15.0. The van der Waals surface area contributed by atoms with E-state index in [1.807, 2.05) is 31.7 Å². The van der Waals surface area contributed by atoms with E-state index in [4.69, 9.17) is 5.11 Å². The summed E-state index contributed by atoms with van der Waals surface area (Å²) in [4.78, 5) is 11.7. The minimum absolute atomic E-state index is 0.0742. The van der Waals surface area contributed by atoms with E-state index in [0.29, 0.717) is 6.54 Å². The second-order valence-corrected chi connectivity index (χ2v) is 4.97. The second kappa shape index (κ2) is 8.53. The molecule has 0 saturated heterocycles. The molecule has 0 aromatic carbocycles. The highest BCUT2D eigenvalue weighted by atomic mass is 16.2. The first-order chi connectivity index (χ1) is 9.56. The fraction of sp³-hybridized carbons (Fsp3) is 0.600. The zero-order valence-corrected chi connectivity index (χ0v) is 12.6. The van der Waals surface area contributed by atoms with Gasteiger partial charge < -0.3 is 10.4 Å². The number of unbranched alkanes of at least 4 members (excludes halogenated alkanes) is 3.